The van der Waals surface area contributed by atoms with Crippen molar-refractivity contribution < 1.29 is 4.79 Å². The summed E-state index contributed by atoms with van der Waals surface area (Å²) in [7, 11) is 0. The highest BCUT2D eigenvalue weighted by Crippen LogP contribution is 2.23. The summed E-state index contributed by atoms with van der Waals surface area (Å²) in [5.41, 5.74) is 3.68. The van der Waals surface area contributed by atoms with Crippen LogP contribution >= 0.6 is 22.6 Å². The number of carbonyl (C=O) groups excluding carboxylic acids is 1. The van der Waals surface area contributed by atoms with Crippen molar-refractivity contribution in [2.75, 3.05) is 0 Å². The van der Waals surface area contributed by atoms with Crippen LogP contribution in [0, 0.1) is 9.49 Å². The van der Waals surface area contributed by atoms with Gasteiger partial charge in [0.2, 0.25) is 5.91 Å². The maximum atomic E-state index is 11.8. The van der Waals surface area contributed by atoms with Crippen molar-refractivity contribution in [2.45, 2.75) is 32.1 Å². The summed E-state index contributed by atoms with van der Waals surface area (Å²) in [6.45, 7) is 0. The lowest BCUT2D eigenvalue weighted by atomic mass is 9.89. The second-order valence-electron chi connectivity index (χ2n) is 4.59. The predicted molar refractivity (Wildman–Crippen MR) is 81.5 cm³/mol. The highest BCUT2D eigenvalue weighted by molar-refractivity contribution is 14.1. The van der Waals surface area contributed by atoms with Gasteiger partial charge in [-0.25, -0.2) is 5.43 Å². The molecule has 2 rings (SSSR count). The highest BCUT2D eigenvalue weighted by Gasteiger charge is 2.20. The topological polar surface area (TPSA) is 41.5 Å². The van der Waals surface area contributed by atoms with Gasteiger partial charge in [0.1, 0.15) is 0 Å². The van der Waals surface area contributed by atoms with E-state index in [4.69, 9.17) is 0 Å². The predicted octanol–water partition coefficient (Wildman–Crippen LogP) is 3.32. The molecular weight excluding hydrogens is 339 g/mol. The number of hydrazone groups is 1. The Labute approximate surface area is 121 Å². The minimum Gasteiger partial charge on any atom is -0.273 e. The maximum absolute atomic E-state index is 11.8. The first-order valence-electron chi connectivity index (χ1n) is 6.35. The van der Waals surface area contributed by atoms with Crippen molar-refractivity contribution >= 4 is 34.7 Å². The first-order valence-corrected chi connectivity index (χ1v) is 7.42. The van der Waals surface area contributed by atoms with E-state index in [1.807, 2.05) is 24.3 Å². The zero-order chi connectivity index (χ0) is 12.8. The van der Waals surface area contributed by atoms with Gasteiger partial charge in [0.05, 0.1) is 6.21 Å². The van der Waals surface area contributed by atoms with Gasteiger partial charge < -0.3 is 0 Å². The zero-order valence-corrected chi connectivity index (χ0v) is 12.4. The first-order chi connectivity index (χ1) is 8.77. The van der Waals surface area contributed by atoms with Crippen LogP contribution in [0.1, 0.15) is 37.7 Å². The van der Waals surface area contributed by atoms with Crippen LogP contribution in [0.4, 0.5) is 0 Å². The van der Waals surface area contributed by atoms with Crippen LogP contribution in [0.25, 0.3) is 0 Å². The van der Waals surface area contributed by atoms with Gasteiger partial charge >= 0.3 is 0 Å². The molecule has 4 heteroatoms. The van der Waals surface area contributed by atoms with Crippen LogP contribution in [0.5, 0.6) is 0 Å². The van der Waals surface area contributed by atoms with E-state index in [1.54, 1.807) is 6.21 Å². The molecule has 96 valence electrons. The molecule has 18 heavy (non-hydrogen) atoms. The molecule has 1 N–H and O–H groups in total. The van der Waals surface area contributed by atoms with Crippen LogP contribution in [-0.2, 0) is 4.79 Å². The van der Waals surface area contributed by atoms with Crippen LogP contribution in [0.15, 0.2) is 29.4 Å². The Morgan fingerprint density at radius 3 is 2.72 bits per heavy atom. The lowest BCUT2D eigenvalue weighted by molar-refractivity contribution is -0.125. The number of amides is 1. The molecule has 3 nitrogen and oxygen atoms in total. The number of carbonyl (C=O) groups is 1. The van der Waals surface area contributed by atoms with Crippen molar-refractivity contribution in [2.24, 2.45) is 11.0 Å². The van der Waals surface area contributed by atoms with E-state index in [9.17, 15) is 4.79 Å². The van der Waals surface area contributed by atoms with E-state index in [0.717, 1.165) is 22.0 Å². The number of hydrogen-bond acceptors (Lipinski definition) is 2. The average Bonchev–Trinajstić information content (AvgIpc) is 2.42. The summed E-state index contributed by atoms with van der Waals surface area (Å²) in [5, 5.41) is 4.05. The second-order valence-corrected chi connectivity index (χ2v) is 5.75. The van der Waals surface area contributed by atoms with Gasteiger partial charge in [0.15, 0.2) is 0 Å². The Kier molecular flexibility index (Phi) is 5.16. The summed E-state index contributed by atoms with van der Waals surface area (Å²) in [6.07, 6.45) is 7.31. The molecule has 1 aromatic carbocycles. The van der Waals surface area contributed by atoms with Gasteiger partial charge in [-0.2, -0.15) is 5.10 Å². The lowest BCUT2D eigenvalue weighted by Crippen LogP contribution is -2.28. The van der Waals surface area contributed by atoms with Crippen molar-refractivity contribution in [1.82, 2.24) is 5.43 Å². The number of nitrogens with zero attached hydrogens (tertiary/aromatic N) is 1. The first kappa shape index (κ1) is 13.5. The third-order valence-corrected chi connectivity index (χ3v) is 4.24. The van der Waals surface area contributed by atoms with Crippen LogP contribution in [-0.4, -0.2) is 12.1 Å². The molecule has 0 aliphatic heterocycles. The van der Waals surface area contributed by atoms with Crippen LogP contribution in [0.3, 0.4) is 0 Å². The molecule has 1 aliphatic carbocycles. The minimum absolute atomic E-state index is 0.0666. The van der Waals surface area contributed by atoms with Crippen LogP contribution < -0.4 is 5.43 Å². The van der Waals surface area contributed by atoms with Gasteiger partial charge in [-0.1, -0.05) is 37.5 Å². The number of halogens is 1. The van der Waals surface area contributed by atoms with E-state index in [2.05, 4.69) is 33.1 Å². The van der Waals surface area contributed by atoms with Gasteiger partial charge in [-0.3, -0.25) is 4.79 Å². The fraction of sp³-hybridized carbons (Fsp3) is 0.429. The van der Waals surface area contributed by atoms with Gasteiger partial charge in [-0.05, 0) is 41.5 Å². The molecule has 0 bridgehead atoms. The highest BCUT2D eigenvalue weighted by atomic mass is 127. The van der Waals surface area contributed by atoms with Crippen molar-refractivity contribution in [1.29, 1.82) is 0 Å². The molecule has 0 atom stereocenters. The molecule has 1 aliphatic rings. The SMILES string of the molecule is O=C(N/N=C/c1ccccc1I)C1CCCCC1. The largest absolute Gasteiger partial charge is 0.273 e. The number of hydrogen-bond donors (Lipinski definition) is 1. The number of nitrogens with one attached hydrogen (secondary N) is 1. The average molecular weight is 356 g/mol. The quantitative estimate of drug-likeness (QED) is 0.504. The normalized spacial score (nSPS) is 16.9. The van der Waals surface area contributed by atoms with E-state index in [-0.39, 0.29) is 11.8 Å². The van der Waals surface area contributed by atoms with E-state index in [1.165, 1.54) is 19.3 Å². The molecule has 0 spiro atoms. The van der Waals surface area contributed by atoms with Crippen molar-refractivity contribution in [3.63, 3.8) is 0 Å². The van der Waals surface area contributed by atoms with Crippen LogP contribution in [0.2, 0.25) is 0 Å². The zero-order valence-electron chi connectivity index (χ0n) is 10.2. The summed E-state index contributed by atoms with van der Waals surface area (Å²) < 4.78 is 1.13. The van der Waals surface area contributed by atoms with E-state index < -0.39 is 0 Å². The Bertz CT molecular complexity index is 439. The molecule has 1 fully saturated rings. The summed E-state index contributed by atoms with van der Waals surface area (Å²) >= 11 is 2.26. The Morgan fingerprint density at radius 1 is 1.28 bits per heavy atom. The van der Waals surface area contributed by atoms with Crippen molar-refractivity contribution in [3.05, 3.63) is 33.4 Å². The van der Waals surface area contributed by atoms with E-state index in [0.29, 0.717) is 0 Å². The Hall–Kier alpha value is -0.910. The van der Waals surface area contributed by atoms with Crippen molar-refractivity contribution in [3.8, 4) is 0 Å². The summed E-state index contributed by atoms with van der Waals surface area (Å²) in [6, 6.07) is 7.95. The monoisotopic (exact) mass is 356 g/mol. The number of benzene rings is 1. The number of rotatable bonds is 3. The van der Waals surface area contributed by atoms with Gasteiger partial charge in [0, 0.05) is 15.1 Å². The fourth-order valence-corrected chi connectivity index (χ4v) is 2.73. The molecule has 0 radical (unpaired) electrons. The molecular formula is C14H17IN2O. The molecule has 1 saturated carbocycles. The smallest absolute Gasteiger partial charge is 0.243 e. The lowest BCUT2D eigenvalue weighted by Gasteiger charge is -2.19. The molecule has 1 aromatic rings. The molecule has 0 heterocycles. The summed E-state index contributed by atoms with van der Waals surface area (Å²) in [4.78, 5) is 11.8. The van der Waals surface area contributed by atoms with Gasteiger partial charge in [0.25, 0.3) is 0 Å². The Morgan fingerprint density at radius 2 is 2.00 bits per heavy atom. The third kappa shape index (κ3) is 3.80. The third-order valence-electron chi connectivity index (χ3n) is 3.26. The minimum atomic E-state index is 0.0666. The summed E-state index contributed by atoms with van der Waals surface area (Å²) in [5.74, 6) is 0.225. The fourth-order valence-electron chi connectivity index (χ4n) is 2.20. The second kappa shape index (κ2) is 6.87. The molecule has 1 amide bonds. The molecule has 0 saturated heterocycles. The van der Waals surface area contributed by atoms with E-state index >= 15 is 0 Å². The Balaban J connectivity index is 1.87. The molecule has 0 aromatic heterocycles. The standard InChI is InChI=1S/C14H17IN2O/c15-13-9-5-4-8-12(13)10-16-17-14(18)11-6-2-1-3-7-11/h4-5,8-11H,1-3,6-7H2,(H,17,18)/b16-10+. The molecule has 0 unspecified atom stereocenters. The van der Waals surface area contributed by atoms with Gasteiger partial charge in [-0.15, -0.1) is 0 Å². The maximum Gasteiger partial charge on any atom is 0.243 e.